The molecule has 2 aliphatic rings. The first-order valence-corrected chi connectivity index (χ1v) is 7.65. The Hall–Kier alpha value is -1.98. The summed E-state index contributed by atoms with van der Waals surface area (Å²) in [6.45, 7) is 1.75. The van der Waals surface area contributed by atoms with Gasteiger partial charge in [0.2, 0.25) is 5.91 Å². The summed E-state index contributed by atoms with van der Waals surface area (Å²) in [4.78, 5) is 25.7. The third-order valence-electron chi connectivity index (χ3n) is 4.80. The SMILES string of the molecule is COC(=O)C1(C(=O)N2CCC(F)(c3cc(C)cc(F)c3)C2)CC1. The summed E-state index contributed by atoms with van der Waals surface area (Å²) >= 11 is 0. The van der Waals surface area contributed by atoms with E-state index in [9.17, 15) is 14.0 Å². The van der Waals surface area contributed by atoms with Crippen LogP contribution in [0.25, 0.3) is 0 Å². The summed E-state index contributed by atoms with van der Waals surface area (Å²) in [5.74, 6) is -1.42. The first-order chi connectivity index (χ1) is 10.8. The molecule has 0 N–H and O–H groups in total. The molecular weight excluding hydrogens is 304 g/mol. The highest BCUT2D eigenvalue weighted by atomic mass is 19.1. The highest BCUT2D eigenvalue weighted by molar-refractivity contribution is 6.05. The third-order valence-corrected chi connectivity index (χ3v) is 4.80. The lowest BCUT2D eigenvalue weighted by molar-refractivity contribution is -0.155. The lowest BCUT2D eigenvalue weighted by atomic mass is 9.93. The van der Waals surface area contributed by atoms with Gasteiger partial charge < -0.3 is 9.64 Å². The summed E-state index contributed by atoms with van der Waals surface area (Å²) < 4.78 is 33.5. The van der Waals surface area contributed by atoms with E-state index in [0.717, 1.165) is 0 Å². The van der Waals surface area contributed by atoms with Crippen LogP contribution in [0.15, 0.2) is 18.2 Å². The minimum atomic E-state index is -1.78. The standard InChI is InChI=1S/C17H19F2NO3/c1-11-7-12(9-13(18)8-11)17(19)5-6-20(10-17)14(21)16(3-4-16)15(22)23-2/h7-9H,3-6,10H2,1-2H3. The Kier molecular flexibility index (Phi) is 3.65. The summed E-state index contributed by atoms with van der Waals surface area (Å²) in [7, 11) is 1.24. The molecule has 2 fully saturated rings. The third kappa shape index (κ3) is 2.60. The molecule has 124 valence electrons. The molecule has 1 saturated carbocycles. The van der Waals surface area contributed by atoms with Gasteiger partial charge in [-0.15, -0.1) is 0 Å². The molecular formula is C17H19F2NO3. The van der Waals surface area contributed by atoms with E-state index in [1.165, 1.54) is 24.1 Å². The largest absolute Gasteiger partial charge is 0.468 e. The molecule has 0 radical (unpaired) electrons. The number of carbonyl (C=O) groups is 2. The molecule has 1 aliphatic heterocycles. The fraction of sp³-hybridized carbons (Fsp3) is 0.529. The summed E-state index contributed by atoms with van der Waals surface area (Å²) in [6, 6.07) is 4.11. The second-order valence-electron chi connectivity index (χ2n) is 6.53. The number of carbonyl (C=O) groups excluding carboxylic acids is 2. The zero-order valence-corrected chi connectivity index (χ0v) is 13.2. The Morgan fingerprint density at radius 2 is 1.91 bits per heavy atom. The van der Waals surface area contributed by atoms with E-state index in [0.29, 0.717) is 18.4 Å². The van der Waals surface area contributed by atoms with Gasteiger partial charge in [-0.1, -0.05) is 6.07 Å². The molecule has 1 aliphatic carbocycles. The summed E-state index contributed by atoms with van der Waals surface area (Å²) in [5, 5.41) is 0. The number of nitrogens with zero attached hydrogens (tertiary/aromatic N) is 1. The maximum atomic E-state index is 15.2. The maximum Gasteiger partial charge on any atom is 0.321 e. The zero-order valence-electron chi connectivity index (χ0n) is 13.2. The van der Waals surface area contributed by atoms with Crippen molar-refractivity contribution >= 4 is 11.9 Å². The second-order valence-corrected chi connectivity index (χ2v) is 6.53. The van der Waals surface area contributed by atoms with Gasteiger partial charge in [0, 0.05) is 13.0 Å². The van der Waals surface area contributed by atoms with E-state index in [4.69, 9.17) is 4.74 Å². The van der Waals surface area contributed by atoms with Gasteiger partial charge >= 0.3 is 5.97 Å². The molecule has 4 nitrogen and oxygen atoms in total. The van der Waals surface area contributed by atoms with Crippen LogP contribution in [-0.4, -0.2) is 37.0 Å². The first kappa shape index (κ1) is 15.9. The normalized spacial score (nSPS) is 25.3. The Labute approximate surface area is 133 Å². The predicted octanol–water partition coefficient (Wildman–Crippen LogP) is 2.48. The molecule has 1 unspecified atom stereocenters. The number of benzene rings is 1. The Balaban J connectivity index is 1.80. The number of alkyl halides is 1. The average Bonchev–Trinajstić information content (AvgIpc) is 3.22. The maximum absolute atomic E-state index is 15.2. The molecule has 1 saturated heterocycles. The summed E-state index contributed by atoms with van der Waals surface area (Å²) in [6.07, 6.45) is 0.972. The van der Waals surface area contributed by atoms with E-state index in [-0.39, 0.29) is 31.0 Å². The number of halogens is 2. The van der Waals surface area contributed by atoms with E-state index < -0.39 is 22.9 Å². The van der Waals surface area contributed by atoms with Crippen molar-refractivity contribution in [2.75, 3.05) is 20.2 Å². The minimum Gasteiger partial charge on any atom is -0.468 e. The number of amides is 1. The molecule has 1 aromatic carbocycles. The van der Waals surface area contributed by atoms with Gasteiger partial charge in [0.15, 0.2) is 5.67 Å². The molecule has 0 spiro atoms. The quantitative estimate of drug-likeness (QED) is 0.634. The molecule has 6 heteroatoms. The van der Waals surface area contributed by atoms with Crippen LogP contribution < -0.4 is 0 Å². The van der Waals surface area contributed by atoms with Gasteiger partial charge in [-0.05, 0) is 43.0 Å². The number of rotatable bonds is 3. The van der Waals surface area contributed by atoms with Crippen LogP contribution >= 0.6 is 0 Å². The van der Waals surface area contributed by atoms with E-state index in [2.05, 4.69) is 0 Å². The lowest BCUT2D eigenvalue weighted by Gasteiger charge is -2.24. The Morgan fingerprint density at radius 3 is 2.48 bits per heavy atom. The highest BCUT2D eigenvalue weighted by Crippen LogP contribution is 2.50. The smallest absolute Gasteiger partial charge is 0.321 e. The number of hydrogen-bond donors (Lipinski definition) is 0. The first-order valence-electron chi connectivity index (χ1n) is 7.65. The fourth-order valence-corrected chi connectivity index (χ4v) is 3.31. The number of esters is 1. The van der Waals surface area contributed by atoms with Crippen LogP contribution in [0.1, 0.15) is 30.4 Å². The van der Waals surface area contributed by atoms with Crippen molar-refractivity contribution < 1.29 is 23.1 Å². The van der Waals surface area contributed by atoms with Gasteiger partial charge in [0.05, 0.1) is 13.7 Å². The van der Waals surface area contributed by atoms with Crippen molar-refractivity contribution in [1.29, 1.82) is 0 Å². The number of ether oxygens (including phenoxy) is 1. The van der Waals surface area contributed by atoms with Crippen LogP contribution in [-0.2, 0) is 20.0 Å². The summed E-state index contributed by atoms with van der Waals surface area (Å²) in [5.41, 5.74) is -2.03. The fourth-order valence-electron chi connectivity index (χ4n) is 3.31. The van der Waals surface area contributed by atoms with E-state index in [1.807, 2.05) is 0 Å². The molecule has 0 aromatic heterocycles. The molecule has 1 atom stereocenters. The van der Waals surface area contributed by atoms with Crippen molar-refractivity contribution in [1.82, 2.24) is 4.90 Å². The van der Waals surface area contributed by atoms with E-state index >= 15 is 4.39 Å². The molecule has 1 aromatic rings. The number of likely N-dealkylation sites (tertiary alicyclic amines) is 1. The van der Waals surface area contributed by atoms with Gasteiger partial charge in [0.25, 0.3) is 0 Å². The molecule has 1 amide bonds. The van der Waals surface area contributed by atoms with Gasteiger partial charge in [-0.3, -0.25) is 9.59 Å². The monoisotopic (exact) mass is 323 g/mol. The van der Waals surface area contributed by atoms with Crippen LogP contribution in [0.2, 0.25) is 0 Å². The predicted molar refractivity (Wildman–Crippen MR) is 78.8 cm³/mol. The number of methoxy groups -OCH3 is 1. The molecule has 0 bridgehead atoms. The van der Waals surface area contributed by atoms with E-state index in [1.54, 1.807) is 13.0 Å². The minimum absolute atomic E-state index is 0.0961. The van der Waals surface area contributed by atoms with Crippen LogP contribution in [0.4, 0.5) is 8.78 Å². The van der Waals surface area contributed by atoms with Crippen LogP contribution in [0.5, 0.6) is 0 Å². The molecule has 1 heterocycles. The van der Waals surface area contributed by atoms with Crippen LogP contribution in [0, 0.1) is 18.2 Å². The number of hydrogen-bond acceptors (Lipinski definition) is 3. The second kappa shape index (κ2) is 5.28. The topological polar surface area (TPSA) is 46.6 Å². The van der Waals surface area contributed by atoms with Crippen molar-refractivity contribution in [2.45, 2.75) is 31.9 Å². The van der Waals surface area contributed by atoms with Gasteiger partial charge in [-0.25, -0.2) is 8.78 Å². The van der Waals surface area contributed by atoms with Gasteiger partial charge in [-0.2, -0.15) is 0 Å². The highest BCUT2D eigenvalue weighted by Gasteiger charge is 2.60. The Morgan fingerprint density at radius 1 is 1.22 bits per heavy atom. The Bertz CT molecular complexity index is 652. The average molecular weight is 323 g/mol. The molecule has 23 heavy (non-hydrogen) atoms. The van der Waals surface area contributed by atoms with Crippen molar-refractivity contribution in [2.24, 2.45) is 5.41 Å². The number of aryl methyl sites for hydroxylation is 1. The van der Waals surface area contributed by atoms with Crippen molar-refractivity contribution in [3.05, 3.63) is 35.1 Å². The van der Waals surface area contributed by atoms with Crippen molar-refractivity contribution in [3.63, 3.8) is 0 Å². The van der Waals surface area contributed by atoms with Crippen LogP contribution in [0.3, 0.4) is 0 Å². The molecule has 3 rings (SSSR count). The van der Waals surface area contributed by atoms with Crippen molar-refractivity contribution in [3.8, 4) is 0 Å². The zero-order chi connectivity index (χ0) is 16.8. The lowest BCUT2D eigenvalue weighted by Crippen LogP contribution is -2.41. The van der Waals surface area contributed by atoms with Gasteiger partial charge in [0.1, 0.15) is 11.2 Å².